The normalized spacial score (nSPS) is 27.9. The average Bonchev–Trinajstić information content (AvgIpc) is 2.18. The summed E-state index contributed by atoms with van der Waals surface area (Å²) in [6.45, 7) is 1.47. The second-order valence-electron chi connectivity index (χ2n) is 4.43. The zero-order valence-corrected chi connectivity index (χ0v) is 9.04. The van der Waals surface area contributed by atoms with Gasteiger partial charge in [0.2, 0.25) is 0 Å². The van der Waals surface area contributed by atoms with Crippen LogP contribution in [0.25, 0.3) is 0 Å². The van der Waals surface area contributed by atoms with E-state index in [2.05, 4.69) is 0 Å². The van der Waals surface area contributed by atoms with Gasteiger partial charge in [0.1, 0.15) is 5.67 Å². The van der Waals surface area contributed by atoms with Crippen LogP contribution in [0.5, 0.6) is 0 Å². The SMILES string of the molecule is CN1CCCC(F)(c2ccc(N)cc2)C1. The molecule has 0 spiro atoms. The van der Waals surface area contributed by atoms with E-state index in [4.69, 9.17) is 5.73 Å². The quantitative estimate of drug-likeness (QED) is 0.717. The Balaban J connectivity index is 2.24. The number of likely N-dealkylation sites (N-methyl/N-ethyl adjacent to an activating group) is 1. The van der Waals surface area contributed by atoms with Gasteiger partial charge in [0.15, 0.2) is 0 Å². The Morgan fingerprint density at radius 3 is 2.60 bits per heavy atom. The highest BCUT2D eigenvalue weighted by Crippen LogP contribution is 2.35. The Kier molecular flexibility index (Phi) is 2.65. The van der Waals surface area contributed by atoms with E-state index in [1.54, 1.807) is 24.3 Å². The summed E-state index contributed by atoms with van der Waals surface area (Å²) in [5.74, 6) is 0. The lowest BCUT2D eigenvalue weighted by molar-refractivity contribution is 0.0564. The van der Waals surface area contributed by atoms with Gasteiger partial charge in [-0.05, 0) is 44.1 Å². The lowest BCUT2D eigenvalue weighted by Gasteiger charge is -2.35. The molecule has 1 aliphatic rings. The molecule has 15 heavy (non-hydrogen) atoms. The fourth-order valence-corrected chi connectivity index (χ4v) is 2.23. The van der Waals surface area contributed by atoms with Gasteiger partial charge >= 0.3 is 0 Å². The maximum Gasteiger partial charge on any atom is 0.148 e. The number of piperidine rings is 1. The molecule has 1 unspecified atom stereocenters. The van der Waals surface area contributed by atoms with E-state index < -0.39 is 5.67 Å². The lowest BCUT2D eigenvalue weighted by atomic mass is 9.87. The zero-order chi connectivity index (χ0) is 10.9. The number of rotatable bonds is 1. The molecule has 1 aromatic carbocycles. The molecular weight excluding hydrogens is 191 g/mol. The Bertz CT molecular complexity index is 336. The number of alkyl halides is 1. The third-order valence-corrected chi connectivity index (χ3v) is 3.06. The summed E-state index contributed by atoms with van der Waals surface area (Å²) in [5.41, 5.74) is 5.84. The summed E-state index contributed by atoms with van der Waals surface area (Å²) in [7, 11) is 1.96. The van der Waals surface area contributed by atoms with Crippen molar-refractivity contribution in [3.05, 3.63) is 29.8 Å². The number of hydrogen-bond donors (Lipinski definition) is 1. The molecule has 1 saturated heterocycles. The first-order valence-corrected chi connectivity index (χ1v) is 5.34. The fraction of sp³-hybridized carbons (Fsp3) is 0.500. The van der Waals surface area contributed by atoms with E-state index in [-0.39, 0.29) is 0 Å². The van der Waals surface area contributed by atoms with E-state index >= 15 is 0 Å². The molecule has 2 rings (SSSR count). The first kappa shape index (κ1) is 10.4. The van der Waals surface area contributed by atoms with Crippen LogP contribution in [-0.2, 0) is 5.67 Å². The molecule has 0 amide bonds. The number of likely N-dealkylation sites (tertiary alicyclic amines) is 1. The van der Waals surface area contributed by atoms with Gasteiger partial charge in [-0.25, -0.2) is 4.39 Å². The molecule has 1 heterocycles. The second kappa shape index (κ2) is 3.81. The molecule has 3 heteroatoms. The molecule has 0 bridgehead atoms. The van der Waals surface area contributed by atoms with Crippen molar-refractivity contribution in [1.29, 1.82) is 0 Å². The van der Waals surface area contributed by atoms with Gasteiger partial charge < -0.3 is 10.6 Å². The predicted molar refractivity (Wildman–Crippen MR) is 60.4 cm³/mol. The summed E-state index contributed by atoms with van der Waals surface area (Å²) >= 11 is 0. The van der Waals surface area contributed by atoms with E-state index in [1.807, 2.05) is 11.9 Å². The third-order valence-electron chi connectivity index (χ3n) is 3.06. The summed E-state index contributed by atoms with van der Waals surface area (Å²) in [5, 5.41) is 0. The number of hydrogen-bond acceptors (Lipinski definition) is 2. The maximum atomic E-state index is 14.6. The van der Waals surface area contributed by atoms with Gasteiger partial charge in [-0.3, -0.25) is 0 Å². The van der Waals surface area contributed by atoms with Crippen LogP contribution >= 0.6 is 0 Å². The number of nitrogen functional groups attached to an aromatic ring is 1. The zero-order valence-electron chi connectivity index (χ0n) is 9.04. The number of nitrogens with zero attached hydrogens (tertiary/aromatic N) is 1. The molecule has 1 fully saturated rings. The molecule has 1 aliphatic heterocycles. The highest BCUT2D eigenvalue weighted by Gasteiger charge is 2.35. The Hall–Kier alpha value is -1.09. The largest absolute Gasteiger partial charge is 0.399 e. The molecule has 82 valence electrons. The fourth-order valence-electron chi connectivity index (χ4n) is 2.23. The van der Waals surface area contributed by atoms with Gasteiger partial charge in [-0.1, -0.05) is 12.1 Å². The van der Waals surface area contributed by atoms with Crippen LogP contribution in [0.3, 0.4) is 0 Å². The molecule has 2 nitrogen and oxygen atoms in total. The van der Waals surface area contributed by atoms with E-state index in [9.17, 15) is 4.39 Å². The highest BCUT2D eigenvalue weighted by atomic mass is 19.1. The van der Waals surface area contributed by atoms with Crippen molar-refractivity contribution in [2.75, 3.05) is 25.9 Å². The standard InChI is InChI=1S/C12H17FN2/c1-15-8-2-7-12(13,9-15)10-3-5-11(14)6-4-10/h3-6H,2,7-9,14H2,1H3. The van der Waals surface area contributed by atoms with Gasteiger partial charge in [-0.2, -0.15) is 0 Å². The Labute approximate surface area is 89.9 Å². The maximum absolute atomic E-state index is 14.6. The van der Waals surface area contributed by atoms with Crippen LogP contribution in [-0.4, -0.2) is 25.0 Å². The molecule has 0 saturated carbocycles. The number of halogens is 1. The van der Waals surface area contributed by atoms with E-state index in [0.717, 1.165) is 18.5 Å². The lowest BCUT2D eigenvalue weighted by Crippen LogP contribution is -2.41. The van der Waals surface area contributed by atoms with Gasteiger partial charge in [0.25, 0.3) is 0 Å². The topological polar surface area (TPSA) is 29.3 Å². The van der Waals surface area contributed by atoms with Gasteiger partial charge in [0, 0.05) is 12.2 Å². The van der Waals surface area contributed by atoms with Crippen LogP contribution in [0.4, 0.5) is 10.1 Å². The van der Waals surface area contributed by atoms with Crippen molar-refractivity contribution in [3.63, 3.8) is 0 Å². The summed E-state index contributed by atoms with van der Waals surface area (Å²) in [4.78, 5) is 2.04. The van der Waals surface area contributed by atoms with Gasteiger partial charge in [0.05, 0.1) is 0 Å². The highest BCUT2D eigenvalue weighted by molar-refractivity contribution is 5.41. The predicted octanol–water partition coefficient (Wildman–Crippen LogP) is 2.16. The van der Waals surface area contributed by atoms with Crippen molar-refractivity contribution in [2.45, 2.75) is 18.5 Å². The molecular formula is C12H17FN2. The summed E-state index contributed by atoms with van der Waals surface area (Å²) in [6, 6.07) is 7.14. The van der Waals surface area contributed by atoms with Gasteiger partial charge in [-0.15, -0.1) is 0 Å². The summed E-state index contributed by atoms with van der Waals surface area (Å²) in [6.07, 6.45) is 1.53. The van der Waals surface area contributed by atoms with Crippen molar-refractivity contribution in [1.82, 2.24) is 4.90 Å². The van der Waals surface area contributed by atoms with Crippen molar-refractivity contribution < 1.29 is 4.39 Å². The smallest absolute Gasteiger partial charge is 0.148 e. The van der Waals surface area contributed by atoms with Crippen LogP contribution in [0.2, 0.25) is 0 Å². The molecule has 0 aliphatic carbocycles. The molecule has 1 aromatic rings. The van der Waals surface area contributed by atoms with Crippen LogP contribution in [0.1, 0.15) is 18.4 Å². The molecule has 1 atom stereocenters. The minimum atomic E-state index is -1.19. The van der Waals surface area contributed by atoms with Crippen molar-refractivity contribution in [3.8, 4) is 0 Å². The van der Waals surface area contributed by atoms with Crippen molar-refractivity contribution >= 4 is 5.69 Å². The van der Waals surface area contributed by atoms with Crippen molar-refractivity contribution in [2.24, 2.45) is 0 Å². The third kappa shape index (κ3) is 2.12. The number of nitrogens with two attached hydrogens (primary N) is 1. The Morgan fingerprint density at radius 2 is 2.00 bits per heavy atom. The summed E-state index contributed by atoms with van der Waals surface area (Å²) < 4.78 is 14.6. The number of anilines is 1. The monoisotopic (exact) mass is 208 g/mol. The number of benzene rings is 1. The van der Waals surface area contributed by atoms with Crippen LogP contribution < -0.4 is 5.73 Å². The minimum Gasteiger partial charge on any atom is -0.399 e. The first-order chi connectivity index (χ1) is 7.10. The van der Waals surface area contributed by atoms with Crippen LogP contribution in [0, 0.1) is 0 Å². The minimum absolute atomic E-state index is 0.483. The second-order valence-corrected chi connectivity index (χ2v) is 4.43. The molecule has 2 N–H and O–H groups in total. The molecule has 0 radical (unpaired) electrons. The van der Waals surface area contributed by atoms with Crippen LogP contribution in [0.15, 0.2) is 24.3 Å². The van der Waals surface area contributed by atoms with E-state index in [0.29, 0.717) is 18.7 Å². The van der Waals surface area contributed by atoms with E-state index in [1.165, 1.54) is 0 Å². The Morgan fingerprint density at radius 1 is 1.33 bits per heavy atom. The molecule has 0 aromatic heterocycles. The first-order valence-electron chi connectivity index (χ1n) is 5.34. The average molecular weight is 208 g/mol.